The molecule has 6 rings (SSSR count). The number of alkyl halides is 1. The fourth-order valence-corrected chi connectivity index (χ4v) is 6.02. The summed E-state index contributed by atoms with van der Waals surface area (Å²) in [6, 6.07) is 11.9. The van der Waals surface area contributed by atoms with Gasteiger partial charge in [0.2, 0.25) is 5.91 Å². The summed E-state index contributed by atoms with van der Waals surface area (Å²) in [6.45, 7) is -0.279. The molecule has 4 N–H and O–H groups in total. The minimum Gasteiger partial charge on any atom is -0.364 e. The van der Waals surface area contributed by atoms with Gasteiger partial charge < -0.3 is 11.1 Å². The fourth-order valence-electron chi connectivity index (χ4n) is 5.51. The van der Waals surface area contributed by atoms with E-state index in [1.807, 2.05) is 0 Å². The number of ketones is 1. The number of primary amides is 1. The highest BCUT2D eigenvalue weighted by molar-refractivity contribution is 6.36. The van der Waals surface area contributed by atoms with Gasteiger partial charge in [0.15, 0.2) is 11.5 Å². The molecule has 0 spiro atoms. The summed E-state index contributed by atoms with van der Waals surface area (Å²) in [5, 5.41) is 22.8. The van der Waals surface area contributed by atoms with Gasteiger partial charge in [-0.1, -0.05) is 29.3 Å². The van der Waals surface area contributed by atoms with Crippen molar-refractivity contribution < 1.29 is 18.8 Å². The van der Waals surface area contributed by atoms with Crippen LogP contribution < -0.4 is 11.1 Å². The van der Waals surface area contributed by atoms with E-state index in [1.54, 1.807) is 54.9 Å². The number of nitrogens with zero attached hydrogens (tertiary/aromatic N) is 5. The summed E-state index contributed by atoms with van der Waals surface area (Å²) in [5.41, 5.74) is 8.93. The molecule has 11 nitrogen and oxygen atoms in total. The predicted octanol–water partition coefficient (Wildman–Crippen LogP) is 4.86. The molecule has 1 aliphatic carbocycles. The molecular weight excluding hydrogens is 598 g/mol. The second-order valence-electron chi connectivity index (χ2n) is 10.3. The second-order valence-corrected chi connectivity index (χ2v) is 11.1. The molecule has 0 saturated heterocycles. The van der Waals surface area contributed by atoms with Crippen LogP contribution in [-0.4, -0.2) is 53.9 Å². The lowest BCUT2D eigenvalue weighted by Crippen LogP contribution is -2.32. The monoisotopic (exact) mass is 620 g/mol. The Bertz CT molecular complexity index is 1880. The van der Waals surface area contributed by atoms with E-state index in [9.17, 15) is 18.8 Å². The maximum absolute atomic E-state index is 14.7. The van der Waals surface area contributed by atoms with Crippen molar-refractivity contribution >= 4 is 57.4 Å². The van der Waals surface area contributed by atoms with E-state index in [0.717, 1.165) is 11.1 Å². The van der Waals surface area contributed by atoms with Crippen molar-refractivity contribution in [3.05, 3.63) is 76.8 Å². The Labute approximate surface area is 253 Å². The minimum absolute atomic E-state index is 0.0101. The van der Waals surface area contributed by atoms with Gasteiger partial charge in [-0.05, 0) is 54.8 Å². The van der Waals surface area contributed by atoms with Crippen molar-refractivity contribution in [2.24, 2.45) is 17.6 Å². The van der Waals surface area contributed by atoms with E-state index in [1.165, 1.54) is 10.9 Å². The Morgan fingerprint density at radius 3 is 2.58 bits per heavy atom. The summed E-state index contributed by atoms with van der Waals surface area (Å²) in [7, 11) is 0. The van der Waals surface area contributed by atoms with Crippen LogP contribution in [0.5, 0.6) is 0 Å². The Balaban J connectivity index is 1.24. The Hall–Kier alpha value is -4.68. The molecule has 43 heavy (non-hydrogen) atoms. The van der Waals surface area contributed by atoms with Crippen LogP contribution in [0, 0.1) is 11.8 Å². The number of benzene rings is 2. The van der Waals surface area contributed by atoms with Gasteiger partial charge in [-0.3, -0.25) is 24.2 Å². The third-order valence-electron chi connectivity index (χ3n) is 7.56. The number of hydrogen-bond donors (Lipinski definition) is 3. The molecule has 1 aliphatic rings. The molecule has 0 bridgehead atoms. The number of halogens is 3. The van der Waals surface area contributed by atoms with Crippen LogP contribution in [0.25, 0.3) is 33.3 Å². The number of carbonyl (C=O) groups is 3. The molecule has 2 amide bonds. The molecule has 0 radical (unpaired) electrons. The first-order valence-corrected chi connectivity index (χ1v) is 14.0. The van der Waals surface area contributed by atoms with Crippen LogP contribution in [0.1, 0.15) is 23.3 Å². The van der Waals surface area contributed by atoms with E-state index in [0.29, 0.717) is 37.9 Å². The minimum atomic E-state index is -1.34. The Kier molecular flexibility index (Phi) is 7.63. The largest absolute Gasteiger partial charge is 0.364 e. The van der Waals surface area contributed by atoms with Crippen molar-refractivity contribution in [3.63, 3.8) is 0 Å². The number of rotatable bonds is 8. The highest BCUT2D eigenvalue weighted by Gasteiger charge is 2.43. The molecule has 3 aromatic heterocycles. The normalized spacial score (nSPS) is 18.2. The zero-order valence-corrected chi connectivity index (χ0v) is 23.8. The molecule has 2 aromatic carbocycles. The average molecular weight is 621 g/mol. The van der Waals surface area contributed by atoms with Gasteiger partial charge in [0.1, 0.15) is 12.7 Å². The van der Waals surface area contributed by atoms with Crippen LogP contribution >= 0.6 is 23.2 Å². The zero-order chi connectivity index (χ0) is 30.2. The fraction of sp³-hybridized carbons (Fsp3) is 0.207. The lowest BCUT2D eigenvalue weighted by molar-refractivity contribution is -0.130. The van der Waals surface area contributed by atoms with Gasteiger partial charge in [0.25, 0.3) is 5.91 Å². The number of carbonyl (C=O) groups excluding carboxylic acids is 3. The Morgan fingerprint density at radius 2 is 1.84 bits per heavy atom. The SMILES string of the molecule is NC(=O)c1nn(CC(=O)C2CC(F)CC2C(=O)Nc2cn[nH]c2-c2ccc(Cl)cc2Cl)c2ccc(-c3ccnnc3)cc12. The number of hydrogen-bond acceptors (Lipinski definition) is 7. The predicted molar refractivity (Wildman–Crippen MR) is 158 cm³/mol. The first-order valence-electron chi connectivity index (χ1n) is 13.2. The van der Waals surface area contributed by atoms with E-state index in [2.05, 4.69) is 30.8 Å². The average Bonchev–Trinajstić information content (AvgIpc) is 3.70. The summed E-state index contributed by atoms with van der Waals surface area (Å²) in [4.78, 5) is 39.2. The van der Waals surface area contributed by atoms with Gasteiger partial charge in [0, 0.05) is 27.5 Å². The lowest BCUT2D eigenvalue weighted by Gasteiger charge is -2.18. The summed E-state index contributed by atoms with van der Waals surface area (Å²) < 4.78 is 16.1. The van der Waals surface area contributed by atoms with E-state index in [4.69, 9.17) is 28.9 Å². The molecule has 3 unspecified atom stereocenters. The lowest BCUT2D eigenvalue weighted by atomic mass is 9.91. The van der Waals surface area contributed by atoms with Crippen LogP contribution in [0.2, 0.25) is 10.0 Å². The zero-order valence-electron chi connectivity index (χ0n) is 22.3. The third kappa shape index (κ3) is 5.58. The van der Waals surface area contributed by atoms with Gasteiger partial charge in [-0.2, -0.15) is 20.4 Å². The molecule has 1 saturated carbocycles. The molecule has 0 aliphatic heterocycles. The number of H-pyrrole nitrogens is 1. The van der Waals surface area contributed by atoms with Crippen LogP contribution in [0.3, 0.4) is 0 Å². The third-order valence-corrected chi connectivity index (χ3v) is 8.11. The topological polar surface area (TPSA) is 162 Å². The van der Waals surface area contributed by atoms with Crippen molar-refractivity contribution in [2.75, 3.05) is 5.32 Å². The van der Waals surface area contributed by atoms with E-state index in [-0.39, 0.29) is 25.1 Å². The highest BCUT2D eigenvalue weighted by atomic mass is 35.5. The molecule has 218 valence electrons. The number of fused-ring (bicyclic) bond motifs is 1. The maximum Gasteiger partial charge on any atom is 0.269 e. The summed E-state index contributed by atoms with van der Waals surface area (Å²) in [5.74, 6) is -3.53. The van der Waals surface area contributed by atoms with Crippen molar-refractivity contribution in [1.82, 2.24) is 30.2 Å². The summed E-state index contributed by atoms with van der Waals surface area (Å²) >= 11 is 12.3. The number of anilines is 1. The highest BCUT2D eigenvalue weighted by Crippen LogP contribution is 2.38. The number of amides is 2. The molecule has 14 heteroatoms. The van der Waals surface area contributed by atoms with Crippen LogP contribution in [-0.2, 0) is 16.1 Å². The van der Waals surface area contributed by atoms with E-state index < -0.39 is 35.6 Å². The quantitative estimate of drug-likeness (QED) is 0.223. The molecular formula is C29H23Cl2FN8O3. The summed E-state index contributed by atoms with van der Waals surface area (Å²) in [6.07, 6.45) is 2.96. The van der Waals surface area contributed by atoms with Gasteiger partial charge in [-0.25, -0.2) is 4.39 Å². The van der Waals surface area contributed by atoms with Gasteiger partial charge in [0.05, 0.1) is 46.4 Å². The molecule has 1 fully saturated rings. The van der Waals surface area contributed by atoms with Gasteiger partial charge >= 0.3 is 0 Å². The second kappa shape index (κ2) is 11.5. The maximum atomic E-state index is 14.7. The number of nitrogens with two attached hydrogens (primary N) is 1. The van der Waals surface area contributed by atoms with Crippen molar-refractivity contribution in [2.45, 2.75) is 25.6 Å². The molecule has 3 atom stereocenters. The van der Waals surface area contributed by atoms with Gasteiger partial charge in [-0.15, -0.1) is 0 Å². The Morgan fingerprint density at radius 1 is 1.02 bits per heavy atom. The molecule has 3 heterocycles. The van der Waals surface area contributed by atoms with Crippen molar-refractivity contribution in [1.29, 1.82) is 0 Å². The standard InChI is InChI=1S/C29H23Cl2FN8O3/c30-16-2-3-18(22(31)8-16)26-23(12-36-38-26)37-29(43)20-10-17(32)9-19(20)25(41)13-40-24-4-1-14(15-5-6-34-35-11-15)7-21(24)27(39-40)28(33)42/h1-8,11-12,17,19-20H,9-10,13H2,(H2,33,42)(H,36,38)(H,37,43). The van der Waals surface area contributed by atoms with Crippen LogP contribution in [0.15, 0.2) is 61.1 Å². The number of nitrogens with one attached hydrogen (secondary N) is 2. The van der Waals surface area contributed by atoms with Crippen molar-refractivity contribution in [3.8, 4) is 22.4 Å². The smallest absolute Gasteiger partial charge is 0.269 e. The van der Waals surface area contributed by atoms with Crippen LogP contribution in [0.4, 0.5) is 10.1 Å². The number of aromatic nitrogens is 6. The molecule has 5 aromatic rings. The number of aromatic amines is 1. The van der Waals surface area contributed by atoms with E-state index >= 15 is 0 Å². The first-order chi connectivity index (χ1) is 20.7. The first kappa shape index (κ1) is 28.4. The number of Topliss-reactive ketones (excluding diaryl/α,β-unsaturated/α-hetero) is 1.